The Hall–Kier alpha value is -1.32. The van der Waals surface area contributed by atoms with Crippen molar-refractivity contribution in [3.63, 3.8) is 0 Å². The first-order valence-corrected chi connectivity index (χ1v) is 3.85. The Morgan fingerprint density at radius 3 is 3.00 bits per heavy atom. The minimum atomic E-state index is -0.0163. The Labute approximate surface area is 72.7 Å². The zero-order valence-electron chi connectivity index (χ0n) is 7.65. The average molecular weight is 166 g/mol. The molecule has 0 aromatic rings. The SMILES string of the molecule is CC1=CC(N=CN(C)C)NN=C1. The van der Waals surface area contributed by atoms with E-state index in [9.17, 15) is 0 Å². The van der Waals surface area contributed by atoms with Crippen molar-refractivity contribution in [2.45, 2.75) is 13.1 Å². The van der Waals surface area contributed by atoms with E-state index in [1.807, 2.05) is 32.0 Å². The third kappa shape index (κ3) is 2.74. The van der Waals surface area contributed by atoms with Gasteiger partial charge in [-0.05, 0) is 18.6 Å². The van der Waals surface area contributed by atoms with Gasteiger partial charge in [-0.25, -0.2) is 4.99 Å². The number of hydrogen-bond donors (Lipinski definition) is 1. The Bertz CT molecular complexity index is 227. The van der Waals surface area contributed by atoms with Gasteiger partial charge in [0.2, 0.25) is 0 Å². The number of hydrogen-bond acceptors (Lipinski definition) is 3. The summed E-state index contributed by atoms with van der Waals surface area (Å²) in [5.41, 5.74) is 4.01. The summed E-state index contributed by atoms with van der Waals surface area (Å²) >= 11 is 0. The predicted molar refractivity (Wildman–Crippen MR) is 51.4 cm³/mol. The van der Waals surface area contributed by atoms with Crippen LogP contribution in [0.25, 0.3) is 0 Å². The standard InChI is InChI=1S/C8H14N4/c1-7-4-8(11-10-5-7)9-6-12(2)3/h4-6,8,11H,1-3H3. The van der Waals surface area contributed by atoms with Crippen LogP contribution < -0.4 is 5.43 Å². The van der Waals surface area contributed by atoms with Crippen LogP contribution in [0.2, 0.25) is 0 Å². The minimum absolute atomic E-state index is 0.0163. The lowest BCUT2D eigenvalue weighted by atomic mass is 10.2. The molecule has 0 fully saturated rings. The topological polar surface area (TPSA) is 40.0 Å². The lowest BCUT2D eigenvalue weighted by Gasteiger charge is -2.13. The van der Waals surface area contributed by atoms with Crippen LogP contribution in [0.3, 0.4) is 0 Å². The van der Waals surface area contributed by atoms with E-state index in [4.69, 9.17) is 0 Å². The molecule has 1 N–H and O–H groups in total. The molecular weight excluding hydrogens is 152 g/mol. The summed E-state index contributed by atoms with van der Waals surface area (Å²) in [7, 11) is 3.87. The van der Waals surface area contributed by atoms with Crippen LogP contribution in [-0.2, 0) is 0 Å². The molecule has 1 rings (SSSR count). The minimum Gasteiger partial charge on any atom is -0.369 e. The maximum Gasteiger partial charge on any atom is 0.155 e. The Morgan fingerprint density at radius 1 is 1.67 bits per heavy atom. The summed E-state index contributed by atoms with van der Waals surface area (Å²) in [5.74, 6) is 0. The van der Waals surface area contributed by atoms with Crippen LogP contribution in [-0.4, -0.2) is 37.7 Å². The van der Waals surface area contributed by atoms with E-state index in [2.05, 4.69) is 15.5 Å². The van der Waals surface area contributed by atoms with Gasteiger partial charge in [-0.15, -0.1) is 0 Å². The fourth-order valence-electron chi connectivity index (χ4n) is 0.826. The van der Waals surface area contributed by atoms with Crippen LogP contribution in [0.1, 0.15) is 6.92 Å². The van der Waals surface area contributed by atoms with Crippen LogP contribution >= 0.6 is 0 Å². The Balaban J connectivity index is 2.50. The van der Waals surface area contributed by atoms with E-state index in [-0.39, 0.29) is 6.17 Å². The lowest BCUT2D eigenvalue weighted by molar-refractivity contribution is 0.602. The molecule has 0 saturated carbocycles. The van der Waals surface area contributed by atoms with Gasteiger partial charge in [-0.3, -0.25) is 5.43 Å². The number of aliphatic imine (C=N–C) groups is 1. The van der Waals surface area contributed by atoms with Crippen molar-refractivity contribution in [3.05, 3.63) is 11.6 Å². The molecule has 1 heterocycles. The molecule has 1 atom stereocenters. The highest BCUT2D eigenvalue weighted by molar-refractivity contribution is 5.78. The van der Waals surface area contributed by atoms with Crippen molar-refractivity contribution in [2.24, 2.45) is 10.1 Å². The molecule has 4 nitrogen and oxygen atoms in total. The lowest BCUT2D eigenvalue weighted by Crippen LogP contribution is -2.25. The van der Waals surface area contributed by atoms with E-state index in [1.54, 1.807) is 12.6 Å². The fourth-order valence-corrected chi connectivity index (χ4v) is 0.826. The molecule has 1 aliphatic rings. The molecule has 12 heavy (non-hydrogen) atoms. The van der Waals surface area contributed by atoms with Gasteiger partial charge in [0, 0.05) is 20.3 Å². The molecule has 0 aliphatic carbocycles. The molecule has 0 aromatic heterocycles. The monoisotopic (exact) mass is 166 g/mol. The first-order valence-electron chi connectivity index (χ1n) is 3.85. The van der Waals surface area contributed by atoms with E-state index in [0.717, 1.165) is 5.57 Å². The average Bonchev–Trinajstić information content (AvgIpc) is 2.01. The predicted octanol–water partition coefficient (Wildman–Crippen LogP) is 0.438. The van der Waals surface area contributed by atoms with E-state index < -0.39 is 0 Å². The van der Waals surface area contributed by atoms with Crippen molar-refractivity contribution in [1.29, 1.82) is 0 Å². The zero-order chi connectivity index (χ0) is 8.97. The summed E-state index contributed by atoms with van der Waals surface area (Å²) in [6, 6.07) is 0. The number of allylic oxidation sites excluding steroid dienone is 1. The number of hydrazone groups is 1. The number of rotatable bonds is 2. The van der Waals surface area contributed by atoms with E-state index in [0.29, 0.717) is 0 Å². The molecule has 4 heteroatoms. The van der Waals surface area contributed by atoms with Crippen LogP contribution in [0.15, 0.2) is 21.7 Å². The van der Waals surface area contributed by atoms with Gasteiger partial charge in [0.25, 0.3) is 0 Å². The molecule has 0 aromatic carbocycles. The van der Waals surface area contributed by atoms with Gasteiger partial charge < -0.3 is 4.90 Å². The maximum absolute atomic E-state index is 4.23. The van der Waals surface area contributed by atoms with Crippen molar-refractivity contribution in [2.75, 3.05) is 14.1 Å². The third-order valence-corrected chi connectivity index (χ3v) is 1.35. The summed E-state index contributed by atoms with van der Waals surface area (Å²) in [4.78, 5) is 6.12. The summed E-state index contributed by atoms with van der Waals surface area (Å²) < 4.78 is 0. The highest BCUT2D eigenvalue weighted by Crippen LogP contribution is 1.99. The van der Waals surface area contributed by atoms with Gasteiger partial charge >= 0.3 is 0 Å². The van der Waals surface area contributed by atoms with Crippen LogP contribution in [0.4, 0.5) is 0 Å². The molecule has 1 unspecified atom stereocenters. The highest BCUT2D eigenvalue weighted by Gasteiger charge is 2.02. The van der Waals surface area contributed by atoms with Gasteiger partial charge in [0.05, 0.1) is 6.34 Å². The van der Waals surface area contributed by atoms with Crippen molar-refractivity contribution in [3.8, 4) is 0 Å². The van der Waals surface area contributed by atoms with Crippen molar-refractivity contribution in [1.82, 2.24) is 10.3 Å². The van der Waals surface area contributed by atoms with Gasteiger partial charge in [-0.1, -0.05) is 0 Å². The molecular formula is C8H14N4. The van der Waals surface area contributed by atoms with E-state index in [1.165, 1.54) is 0 Å². The summed E-state index contributed by atoms with van der Waals surface area (Å²) in [6.07, 6.45) is 5.55. The van der Waals surface area contributed by atoms with Crippen molar-refractivity contribution >= 4 is 12.6 Å². The summed E-state index contributed by atoms with van der Waals surface area (Å²) in [5, 5.41) is 3.94. The first kappa shape index (κ1) is 8.77. The number of nitrogens with zero attached hydrogens (tertiary/aromatic N) is 3. The van der Waals surface area contributed by atoms with Crippen molar-refractivity contribution < 1.29 is 0 Å². The van der Waals surface area contributed by atoms with Crippen LogP contribution in [0, 0.1) is 0 Å². The molecule has 0 radical (unpaired) electrons. The first-order chi connectivity index (χ1) is 5.68. The van der Waals surface area contributed by atoms with Gasteiger partial charge in [0.1, 0.15) is 0 Å². The largest absolute Gasteiger partial charge is 0.369 e. The highest BCUT2D eigenvalue weighted by atomic mass is 15.4. The molecule has 0 amide bonds. The van der Waals surface area contributed by atoms with Crippen LogP contribution in [0.5, 0.6) is 0 Å². The molecule has 0 bridgehead atoms. The molecule has 66 valence electrons. The fraction of sp³-hybridized carbons (Fsp3) is 0.500. The smallest absolute Gasteiger partial charge is 0.155 e. The third-order valence-electron chi connectivity index (χ3n) is 1.35. The molecule has 0 saturated heterocycles. The second-order valence-corrected chi connectivity index (χ2v) is 2.97. The second kappa shape index (κ2) is 3.90. The quantitative estimate of drug-likeness (QED) is 0.477. The maximum atomic E-state index is 4.23. The zero-order valence-corrected chi connectivity index (χ0v) is 7.65. The normalized spacial score (nSPS) is 22.2. The second-order valence-electron chi connectivity index (χ2n) is 2.97. The molecule has 0 spiro atoms. The Morgan fingerprint density at radius 2 is 2.42 bits per heavy atom. The van der Waals surface area contributed by atoms with E-state index >= 15 is 0 Å². The number of nitrogens with one attached hydrogen (secondary N) is 1. The van der Waals surface area contributed by atoms with Gasteiger partial charge in [0.15, 0.2) is 6.17 Å². The molecule has 1 aliphatic heterocycles. The summed E-state index contributed by atoms with van der Waals surface area (Å²) in [6.45, 7) is 2.00. The van der Waals surface area contributed by atoms with Gasteiger partial charge in [-0.2, -0.15) is 5.10 Å². The Kier molecular flexibility index (Phi) is 2.85.